The minimum absolute atomic E-state index is 0.104. The minimum atomic E-state index is -1.03. The molecule has 2 bridgehead atoms. The first-order valence-corrected chi connectivity index (χ1v) is 10.1. The maximum absolute atomic E-state index is 14.0. The van der Waals surface area contributed by atoms with Gasteiger partial charge in [-0.1, -0.05) is 13.8 Å². The van der Waals surface area contributed by atoms with E-state index in [0.29, 0.717) is 30.1 Å². The largest absolute Gasteiger partial charge is 0.385 e. The highest BCUT2D eigenvalue weighted by Crippen LogP contribution is 2.74. The predicted molar refractivity (Wildman–Crippen MR) is 91.7 cm³/mol. The smallest absolute Gasteiger partial charge is 0.162 e. The van der Waals surface area contributed by atoms with Gasteiger partial charge in [-0.3, -0.25) is 14.5 Å². The Bertz CT molecular complexity index is 771. The van der Waals surface area contributed by atoms with E-state index in [1.54, 1.807) is 0 Å². The zero-order chi connectivity index (χ0) is 17.4. The van der Waals surface area contributed by atoms with Crippen molar-refractivity contribution >= 4 is 11.6 Å². The van der Waals surface area contributed by atoms with Gasteiger partial charge in [0.05, 0.1) is 11.0 Å². The van der Waals surface area contributed by atoms with Crippen LogP contribution in [-0.2, 0) is 9.59 Å². The molecule has 0 amide bonds. The van der Waals surface area contributed by atoms with Crippen LogP contribution >= 0.6 is 0 Å². The summed E-state index contributed by atoms with van der Waals surface area (Å²) in [6.45, 7) is 6.68. The van der Waals surface area contributed by atoms with Crippen molar-refractivity contribution in [3.63, 3.8) is 0 Å². The van der Waals surface area contributed by atoms with Crippen molar-refractivity contribution in [2.75, 3.05) is 13.1 Å². The maximum atomic E-state index is 14.0. The predicted octanol–water partition coefficient (Wildman–Crippen LogP) is 2.11. The summed E-state index contributed by atoms with van der Waals surface area (Å²) in [5, 5.41) is 11.4. The van der Waals surface area contributed by atoms with E-state index in [1.807, 2.05) is 0 Å². The number of ketones is 2. The van der Waals surface area contributed by atoms with Gasteiger partial charge in [0.15, 0.2) is 5.78 Å². The summed E-state index contributed by atoms with van der Waals surface area (Å²) in [5.74, 6) is 1.46. The van der Waals surface area contributed by atoms with Crippen LogP contribution in [0.15, 0.2) is 11.1 Å². The minimum Gasteiger partial charge on any atom is -0.385 e. The number of fused-ring (bicyclic) bond motifs is 1. The molecule has 6 rings (SSSR count). The molecule has 0 radical (unpaired) electrons. The first-order valence-electron chi connectivity index (χ1n) is 10.1. The van der Waals surface area contributed by atoms with E-state index in [1.165, 1.54) is 0 Å². The summed E-state index contributed by atoms with van der Waals surface area (Å²) in [7, 11) is 0. The summed E-state index contributed by atoms with van der Waals surface area (Å²) < 4.78 is 0. The molecule has 4 fully saturated rings. The van der Waals surface area contributed by atoms with E-state index in [2.05, 4.69) is 18.7 Å². The number of hydrogen-bond donors (Lipinski definition) is 1. The molecule has 2 saturated carbocycles. The van der Waals surface area contributed by atoms with Crippen LogP contribution in [-0.4, -0.2) is 46.3 Å². The highest BCUT2D eigenvalue weighted by Gasteiger charge is 2.77. The summed E-state index contributed by atoms with van der Waals surface area (Å²) in [6, 6.07) is 0.446. The third kappa shape index (κ3) is 1.34. The van der Waals surface area contributed by atoms with E-state index in [4.69, 9.17) is 0 Å². The van der Waals surface area contributed by atoms with Crippen molar-refractivity contribution in [3.8, 4) is 0 Å². The van der Waals surface area contributed by atoms with Crippen LogP contribution in [0.2, 0.25) is 0 Å². The van der Waals surface area contributed by atoms with E-state index in [9.17, 15) is 14.7 Å². The van der Waals surface area contributed by atoms with E-state index >= 15 is 0 Å². The lowest BCUT2D eigenvalue weighted by molar-refractivity contribution is -0.157. The Morgan fingerprint density at radius 1 is 1.20 bits per heavy atom. The third-order valence-corrected chi connectivity index (χ3v) is 9.44. The van der Waals surface area contributed by atoms with E-state index < -0.39 is 11.0 Å². The number of piperidine rings is 1. The fourth-order valence-corrected chi connectivity index (χ4v) is 8.42. The Hall–Kier alpha value is -1.00. The summed E-state index contributed by atoms with van der Waals surface area (Å²) in [4.78, 5) is 29.4. The standard InChI is InChI=1S/C21H27NO3/c1-11-9-22-10-12-3-4-13-15(23)8-20(25)5-6-21(17(13)20)18(24)14(11)7-16(22)19(12,21)2/h11-12,14,16,25H,3-10H2,1-2H3/t11-,12-,14-,16-,19-,20+,21+/m1/s1. The van der Waals surface area contributed by atoms with Crippen molar-refractivity contribution in [1.29, 1.82) is 0 Å². The van der Waals surface area contributed by atoms with Gasteiger partial charge in [-0.15, -0.1) is 0 Å². The van der Waals surface area contributed by atoms with Gasteiger partial charge in [-0.25, -0.2) is 0 Å². The Morgan fingerprint density at radius 2 is 2.00 bits per heavy atom. The Balaban J connectivity index is 1.69. The normalized spacial score (nSPS) is 56.4. The van der Waals surface area contributed by atoms with E-state index in [-0.39, 0.29) is 23.5 Å². The zero-order valence-electron chi connectivity index (χ0n) is 15.2. The highest BCUT2D eigenvalue weighted by atomic mass is 16.3. The molecule has 4 heteroatoms. The number of carbonyl (C=O) groups is 2. The quantitative estimate of drug-likeness (QED) is 0.733. The molecule has 0 aromatic heterocycles. The van der Waals surface area contributed by atoms with Crippen molar-refractivity contribution in [2.24, 2.45) is 28.6 Å². The maximum Gasteiger partial charge on any atom is 0.162 e. The Kier molecular flexibility index (Phi) is 2.49. The van der Waals surface area contributed by atoms with Crippen LogP contribution in [0.25, 0.3) is 0 Å². The fraction of sp³-hybridized carbons (Fsp3) is 0.810. The van der Waals surface area contributed by atoms with Crippen LogP contribution in [0.4, 0.5) is 0 Å². The number of hydrogen-bond acceptors (Lipinski definition) is 4. The average Bonchev–Trinajstić information content (AvgIpc) is 3.06. The summed E-state index contributed by atoms with van der Waals surface area (Å²) in [5.41, 5.74) is 0.0603. The molecule has 2 aliphatic heterocycles. The number of aliphatic hydroxyl groups is 1. The molecule has 2 heterocycles. The molecule has 0 aromatic rings. The summed E-state index contributed by atoms with van der Waals surface area (Å²) >= 11 is 0. The Labute approximate surface area is 148 Å². The lowest BCUT2D eigenvalue weighted by atomic mass is 9.45. The Morgan fingerprint density at radius 3 is 2.80 bits per heavy atom. The van der Waals surface area contributed by atoms with Gasteiger partial charge in [0, 0.05) is 36.9 Å². The summed E-state index contributed by atoms with van der Waals surface area (Å²) in [6.07, 6.45) is 4.34. The van der Waals surface area contributed by atoms with Crippen molar-refractivity contribution < 1.29 is 14.7 Å². The number of allylic oxidation sites excluding steroid dienone is 1. The van der Waals surface area contributed by atoms with Crippen LogP contribution in [0.5, 0.6) is 0 Å². The highest BCUT2D eigenvalue weighted by molar-refractivity contribution is 6.05. The van der Waals surface area contributed by atoms with Crippen molar-refractivity contribution in [2.45, 2.75) is 64.0 Å². The lowest BCUT2D eigenvalue weighted by Gasteiger charge is -2.59. The second kappa shape index (κ2) is 4.12. The first-order chi connectivity index (χ1) is 11.8. The van der Waals surface area contributed by atoms with Gasteiger partial charge in [-0.2, -0.15) is 0 Å². The number of rotatable bonds is 0. The van der Waals surface area contributed by atoms with Gasteiger partial charge in [0.25, 0.3) is 0 Å². The zero-order valence-corrected chi connectivity index (χ0v) is 15.2. The fourth-order valence-electron chi connectivity index (χ4n) is 8.42. The van der Waals surface area contributed by atoms with Crippen LogP contribution in [0.3, 0.4) is 0 Å². The number of Topliss-reactive ketones (excluding diaryl/α,β-unsaturated/α-hetero) is 2. The molecule has 4 nitrogen and oxygen atoms in total. The molecule has 1 N–H and O–H groups in total. The molecule has 1 spiro atoms. The second-order valence-electron chi connectivity index (χ2n) is 10.1. The van der Waals surface area contributed by atoms with Gasteiger partial charge in [0.1, 0.15) is 5.78 Å². The van der Waals surface area contributed by atoms with E-state index in [0.717, 1.165) is 49.9 Å². The van der Waals surface area contributed by atoms with Crippen LogP contribution in [0.1, 0.15) is 52.4 Å². The molecular formula is C21H27NO3. The molecular weight excluding hydrogens is 314 g/mol. The van der Waals surface area contributed by atoms with Gasteiger partial charge in [0.2, 0.25) is 0 Å². The number of carbonyl (C=O) groups excluding carboxylic acids is 2. The molecule has 4 aliphatic carbocycles. The molecule has 2 saturated heterocycles. The van der Waals surface area contributed by atoms with Gasteiger partial charge < -0.3 is 5.11 Å². The number of nitrogens with zero attached hydrogens (tertiary/aromatic N) is 1. The molecule has 134 valence electrons. The van der Waals surface area contributed by atoms with Crippen molar-refractivity contribution in [1.82, 2.24) is 4.90 Å². The van der Waals surface area contributed by atoms with Gasteiger partial charge in [-0.05, 0) is 55.1 Å². The first kappa shape index (κ1) is 15.1. The van der Waals surface area contributed by atoms with Gasteiger partial charge >= 0.3 is 0 Å². The lowest BCUT2D eigenvalue weighted by Crippen LogP contribution is -2.65. The second-order valence-corrected chi connectivity index (χ2v) is 10.1. The third-order valence-electron chi connectivity index (χ3n) is 9.44. The van der Waals surface area contributed by atoms with Crippen LogP contribution in [0, 0.1) is 28.6 Å². The SMILES string of the molecule is C[C@@H]1CN2C[C@H]3CCC4=C5[C@](O)(CC[C@@]56C(=O)[C@@H]1C[C@@H]2[C@@]36C)CC4=O. The average molecular weight is 341 g/mol. The molecule has 0 unspecified atom stereocenters. The van der Waals surface area contributed by atoms with Crippen LogP contribution < -0.4 is 0 Å². The van der Waals surface area contributed by atoms with Crippen molar-refractivity contribution in [3.05, 3.63) is 11.1 Å². The molecule has 0 aromatic carbocycles. The molecule has 7 atom stereocenters. The monoisotopic (exact) mass is 341 g/mol. The molecule has 6 aliphatic rings. The molecule has 25 heavy (non-hydrogen) atoms. The topological polar surface area (TPSA) is 57.6 Å².